The number of carbonyl (C=O) groups excluding carboxylic acids is 1. The molecule has 1 atom stereocenters. The number of benzene rings is 2. The van der Waals surface area contributed by atoms with Gasteiger partial charge >= 0.3 is 0 Å². The molecule has 2 rings (SSSR count). The van der Waals surface area contributed by atoms with E-state index in [9.17, 15) is 4.79 Å². The highest BCUT2D eigenvalue weighted by Crippen LogP contribution is 2.24. The van der Waals surface area contributed by atoms with Crippen molar-refractivity contribution in [2.24, 2.45) is 5.73 Å². The van der Waals surface area contributed by atoms with Crippen molar-refractivity contribution < 1.29 is 4.79 Å². The van der Waals surface area contributed by atoms with Crippen molar-refractivity contribution in [3.8, 4) is 0 Å². The predicted octanol–water partition coefficient (Wildman–Crippen LogP) is 3.09. The summed E-state index contributed by atoms with van der Waals surface area (Å²) >= 11 is 0. The molecule has 4 heteroatoms. The van der Waals surface area contributed by atoms with E-state index in [0.29, 0.717) is 6.54 Å². The molecular formula is C18H23ClN2O. The number of hydrogen-bond donors (Lipinski definition) is 2. The first-order valence-electron chi connectivity index (χ1n) is 7.31. The van der Waals surface area contributed by atoms with Gasteiger partial charge in [0.25, 0.3) is 0 Å². The van der Waals surface area contributed by atoms with E-state index in [1.165, 1.54) is 0 Å². The van der Waals surface area contributed by atoms with E-state index in [4.69, 9.17) is 5.73 Å². The second-order valence-electron chi connectivity index (χ2n) is 5.31. The first-order valence-corrected chi connectivity index (χ1v) is 7.31. The predicted molar refractivity (Wildman–Crippen MR) is 93.3 cm³/mol. The maximum atomic E-state index is 12.6. The molecule has 0 bridgehead atoms. The molecule has 3 nitrogen and oxygen atoms in total. The zero-order valence-electron chi connectivity index (χ0n) is 12.7. The van der Waals surface area contributed by atoms with Gasteiger partial charge in [-0.25, -0.2) is 0 Å². The number of nitrogens with two attached hydrogens (primary N) is 1. The quantitative estimate of drug-likeness (QED) is 0.860. The highest BCUT2D eigenvalue weighted by molar-refractivity contribution is 5.87. The lowest BCUT2D eigenvalue weighted by molar-refractivity contribution is -0.121. The Morgan fingerprint density at radius 2 is 1.45 bits per heavy atom. The topological polar surface area (TPSA) is 55.1 Å². The van der Waals surface area contributed by atoms with Crippen LogP contribution < -0.4 is 11.1 Å². The van der Waals surface area contributed by atoms with Gasteiger partial charge in [0.15, 0.2) is 0 Å². The summed E-state index contributed by atoms with van der Waals surface area (Å²) in [7, 11) is 0. The van der Waals surface area contributed by atoms with Crippen LogP contribution in [0, 0.1) is 0 Å². The summed E-state index contributed by atoms with van der Waals surface area (Å²) in [6.45, 7) is 2.55. The third-order valence-corrected chi connectivity index (χ3v) is 3.43. The first kappa shape index (κ1) is 18.2. The number of hydrogen-bond acceptors (Lipinski definition) is 2. The minimum atomic E-state index is -0.277. The van der Waals surface area contributed by atoms with Crippen LogP contribution in [0.3, 0.4) is 0 Å². The molecule has 0 saturated heterocycles. The molecule has 0 spiro atoms. The lowest BCUT2D eigenvalue weighted by atomic mass is 9.90. The Balaban J connectivity index is 0.00000242. The Bertz CT molecular complexity index is 518. The number of halogens is 1. The van der Waals surface area contributed by atoms with Crippen molar-refractivity contribution in [1.82, 2.24) is 5.32 Å². The van der Waals surface area contributed by atoms with Crippen molar-refractivity contribution in [2.75, 3.05) is 6.54 Å². The Hall–Kier alpha value is -1.84. The highest BCUT2D eigenvalue weighted by atomic mass is 35.5. The Labute approximate surface area is 138 Å². The van der Waals surface area contributed by atoms with E-state index in [2.05, 4.69) is 5.32 Å². The van der Waals surface area contributed by atoms with Crippen molar-refractivity contribution >= 4 is 18.3 Å². The van der Waals surface area contributed by atoms with Crippen LogP contribution in [0.5, 0.6) is 0 Å². The van der Waals surface area contributed by atoms with Gasteiger partial charge in [0, 0.05) is 12.6 Å². The lowest BCUT2D eigenvalue weighted by Crippen LogP contribution is -2.33. The summed E-state index contributed by atoms with van der Waals surface area (Å²) in [4.78, 5) is 12.6. The van der Waals surface area contributed by atoms with Gasteiger partial charge in [0.1, 0.15) is 0 Å². The minimum absolute atomic E-state index is 0. The molecule has 0 aliphatic rings. The molecule has 0 aromatic heterocycles. The first-order chi connectivity index (χ1) is 10.2. The Morgan fingerprint density at radius 3 is 1.86 bits per heavy atom. The normalized spacial score (nSPS) is 11.6. The van der Waals surface area contributed by atoms with Crippen LogP contribution in [-0.2, 0) is 4.79 Å². The van der Waals surface area contributed by atoms with E-state index in [1.807, 2.05) is 67.6 Å². The summed E-state index contributed by atoms with van der Waals surface area (Å²) in [6, 6.07) is 19.8. The molecular weight excluding hydrogens is 296 g/mol. The summed E-state index contributed by atoms with van der Waals surface area (Å²) in [6.07, 6.45) is 0.780. The molecule has 1 amide bonds. The SMILES string of the molecule is CC(N)CCNC(=O)C(c1ccccc1)c1ccccc1.Cl. The zero-order chi connectivity index (χ0) is 15.1. The Morgan fingerprint density at radius 1 is 1.00 bits per heavy atom. The van der Waals surface area contributed by atoms with Crippen molar-refractivity contribution in [3.05, 3.63) is 71.8 Å². The third-order valence-electron chi connectivity index (χ3n) is 3.43. The summed E-state index contributed by atoms with van der Waals surface area (Å²) in [5, 5.41) is 2.99. The highest BCUT2D eigenvalue weighted by Gasteiger charge is 2.21. The van der Waals surface area contributed by atoms with Gasteiger partial charge < -0.3 is 11.1 Å². The van der Waals surface area contributed by atoms with E-state index >= 15 is 0 Å². The van der Waals surface area contributed by atoms with E-state index in [1.54, 1.807) is 0 Å². The van der Waals surface area contributed by atoms with Gasteiger partial charge in [-0.05, 0) is 24.5 Å². The molecule has 0 radical (unpaired) electrons. The maximum Gasteiger partial charge on any atom is 0.232 e. The van der Waals surface area contributed by atoms with Gasteiger partial charge in [-0.2, -0.15) is 0 Å². The fourth-order valence-electron chi connectivity index (χ4n) is 2.31. The van der Waals surface area contributed by atoms with Crippen LogP contribution in [-0.4, -0.2) is 18.5 Å². The number of amides is 1. The average Bonchev–Trinajstić information content (AvgIpc) is 2.49. The molecule has 0 heterocycles. The number of nitrogens with one attached hydrogen (secondary N) is 1. The number of carbonyl (C=O) groups is 1. The van der Waals surface area contributed by atoms with Gasteiger partial charge in [-0.15, -0.1) is 12.4 Å². The molecule has 0 fully saturated rings. The van der Waals surface area contributed by atoms with Crippen LogP contribution in [0.15, 0.2) is 60.7 Å². The molecule has 22 heavy (non-hydrogen) atoms. The number of rotatable bonds is 6. The molecule has 0 saturated carbocycles. The smallest absolute Gasteiger partial charge is 0.232 e. The fraction of sp³-hybridized carbons (Fsp3) is 0.278. The second kappa shape index (κ2) is 9.23. The van der Waals surface area contributed by atoms with Gasteiger partial charge in [0.05, 0.1) is 5.92 Å². The molecule has 2 aromatic carbocycles. The van der Waals surface area contributed by atoms with Gasteiger partial charge in [0.2, 0.25) is 5.91 Å². The van der Waals surface area contributed by atoms with E-state index < -0.39 is 0 Å². The zero-order valence-corrected chi connectivity index (χ0v) is 13.6. The van der Waals surface area contributed by atoms with Gasteiger partial charge in [-0.1, -0.05) is 60.7 Å². The Kier molecular flexibility index (Phi) is 7.64. The molecule has 3 N–H and O–H groups in total. The van der Waals surface area contributed by atoms with Crippen molar-refractivity contribution in [2.45, 2.75) is 25.3 Å². The largest absolute Gasteiger partial charge is 0.355 e. The summed E-state index contributed by atoms with van der Waals surface area (Å²) < 4.78 is 0. The average molecular weight is 319 g/mol. The fourth-order valence-corrected chi connectivity index (χ4v) is 2.31. The van der Waals surface area contributed by atoms with Crippen LogP contribution in [0.25, 0.3) is 0 Å². The third kappa shape index (κ3) is 5.17. The summed E-state index contributed by atoms with van der Waals surface area (Å²) in [5.41, 5.74) is 7.73. The van der Waals surface area contributed by atoms with Crippen LogP contribution in [0.4, 0.5) is 0 Å². The molecule has 118 valence electrons. The van der Waals surface area contributed by atoms with E-state index in [0.717, 1.165) is 17.5 Å². The lowest BCUT2D eigenvalue weighted by Gasteiger charge is -2.18. The molecule has 2 aromatic rings. The molecule has 0 aliphatic carbocycles. The minimum Gasteiger partial charge on any atom is -0.355 e. The van der Waals surface area contributed by atoms with Crippen LogP contribution in [0.1, 0.15) is 30.4 Å². The second-order valence-corrected chi connectivity index (χ2v) is 5.31. The van der Waals surface area contributed by atoms with Crippen LogP contribution >= 0.6 is 12.4 Å². The maximum absolute atomic E-state index is 12.6. The summed E-state index contributed by atoms with van der Waals surface area (Å²) in [5.74, 6) is -0.256. The molecule has 1 unspecified atom stereocenters. The van der Waals surface area contributed by atoms with E-state index in [-0.39, 0.29) is 30.3 Å². The monoisotopic (exact) mass is 318 g/mol. The standard InChI is InChI=1S/C18H22N2O.ClH/c1-14(19)12-13-20-18(21)17(15-8-4-2-5-9-15)16-10-6-3-7-11-16;/h2-11,14,17H,12-13,19H2,1H3,(H,20,21);1H. The van der Waals surface area contributed by atoms with Crippen molar-refractivity contribution in [3.63, 3.8) is 0 Å². The van der Waals surface area contributed by atoms with Crippen molar-refractivity contribution in [1.29, 1.82) is 0 Å². The van der Waals surface area contributed by atoms with Crippen LogP contribution in [0.2, 0.25) is 0 Å². The molecule has 0 aliphatic heterocycles. The van der Waals surface area contributed by atoms with Gasteiger partial charge in [-0.3, -0.25) is 4.79 Å².